The average molecular weight is 433 g/mol. The first-order chi connectivity index (χ1) is 15.3. The molecule has 1 aliphatic heterocycles. The van der Waals surface area contributed by atoms with E-state index in [1.807, 2.05) is 20.8 Å². The van der Waals surface area contributed by atoms with E-state index in [-0.39, 0.29) is 17.7 Å². The van der Waals surface area contributed by atoms with Crippen LogP contribution in [0.25, 0.3) is 0 Å². The molecule has 1 fully saturated rings. The Morgan fingerprint density at radius 2 is 1.94 bits per heavy atom. The summed E-state index contributed by atoms with van der Waals surface area (Å²) in [4.78, 5) is 12.9. The van der Waals surface area contributed by atoms with Crippen LogP contribution in [-0.2, 0) is 11.2 Å². The number of amidine groups is 1. The highest BCUT2D eigenvalue weighted by Gasteiger charge is 2.35. The fourth-order valence-electron chi connectivity index (χ4n) is 4.62. The minimum absolute atomic E-state index is 0.109. The van der Waals surface area contributed by atoms with Crippen LogP contribution in [0.3, 0.4) is 0 Å². The lowest BCUT2D eigenvalue weighted by atomic mass is 9.76. The van der Waals surface area contributed by atoms with Crippen molar-refractivity contribution in [3.8, 4) is 0 Å². The van der Waals surface area contributed by atoms with Crippen molar-refractivity contribution in [1.82, 2.24) is 16.0 Å². The highest BCUT2D eigenvalue weighted by molar-refractivity contribution is 6.06. The smallest absolute Gasteiger partial charge is 0.258 e. The van der Waals surface area contributed by atoms with Crippen molar-refractivity contribution >= 4 is 11.7 Å². The molecule has 0 radical (unpaired) electrons. The van der Waals surface area contributed by atoms with Crippen LogP contribution in [0, 0.1) is 18.3 Å². The van der Waals surface area contributed by atoms with Crippen LogP contribution < -0.4 is 16.0 Å². The molecule has 1 aliphatic carbocycles. The maximum absolute atomic E-state index is 12.9. The highest BCUT2D eigenvalue weighted by atomic mass is 16.2. The van der Waals surface area contributed by atoms with E-state index in [1.165, 1.54) is 16.7 Å². The Morgan fingerprint density at radius 1 is 1.19 bits per heavy atom. The molecule has 2 atom stereocenters. The highest BCUT2D eigenvalue weighted by Crippen LogP contribution is 2.42. The van der Waals surface area contributed by atoms with Gasteiger partial charge in [-0.15, -0.1) is 0 Å². The number of hydrogen-bond acceptors (Lipinski definition) is 3. The minimum atomic E-state index is -0.109. The topological polar surface area (TPSA) is 77.0 Å². The van der Waals surface area contributed by atoms with Gasteiger partial charge in [0.25, 0.3) is 5.91 Å². The second-order valence-electron chi connectivity index (χ2n) is 8.65. The Labute approximate surface area is 192 Å². The third-order valence-corrected chi connectivity index (χ3v) is 6.32. The van der Waals surface area contributed by atoms with Gasteiger partial charge in [0.1, 0.15) is 5.84 Å². The van der Waals surface area contributed by atoms with Crippen molar-refractivity contribution in [2.75, 3.05) is 6.54 Å². The Kier molecular flexibility index (Phi) is 7.39. The molecular weight excluding hydrogens is 396 g/mol. The molecule has 4 N–H and O–H groups in total. The zero-order valence-electron chi connectivity index (χ0n) is 20.1. The summed E-state index contributed by atoms with van der Waals surface area (Å²) in [6.45, 7) is 13.2. The van der Waals surface area contributed by atoms with E-state index in [4.69, 9.17) is 5.41 Å². The molecule has 1 aromatic rings. The molecule has 1 heterocycles. The first kappa shape index (κ1) is 23.6. The summed E-state index contributed by atoms with van der Waals surface area (Å²) in [5.41, 5.74) is 8.01. The molecular formula is C27H36N4O. The predicted molar refractivity (Wildman–Crippen MR) is 132 cm³/mol. The number of amides is 1. The Bertz CT molecular complexity index is 1040. The van der Waals surface area contributed by atoms with Gasteiger partial charge in [-0.2, -0.15) is 0 Å². The van der Waals surface area contributed by atoms with Crippen LogP contribution in [0.4, 0.5) is 0 Å². The normalized spacial score (nSPS) is 21.9. The van der Waals surface area contributed by atoms with Crippen molar-refractivity contribution in [3.05, 3.63) is 81.4 Å². The summed E-state index contributed by atoms with van der Waals surface area (Å²) in [6, 6.07) is 6.73. The molecule has 5 nitrogen and oxygen atoms in total. The van der Waals surface area contributed by atoms with E-state index in [2.05, 4.69) is 67.1 Å². The van der Waals surface area contributed by atoms with Gasteiger partial charge in [0.15, 0.2) is 0 Å². The number of allylic oxidation sites excluding steroid dienone is 5. The summed E-state index contributed by atoms with van der Waals surface area (Å²) in [6.07, 6.45) is 8.22. The molecule has 0 spiro atoms. The molecule has 0 saturated carbocycles. The first-order valence-corrected chi connectivity index (χ1v) is 11.6. The lowest BCUT2D eigenvalue weighted by Crippen LogP contribution is -2.24. The molecule has 2 unspecified atom stereocenters. The van der Waals surface area contributed by atoms with E-state index in [1.54, 1.807) is 6.08 Å². The fourth-order valence-corrected chi connectivity index (χ4v) is 4.62. The number of aryl methyl sites for hydroxylation is 2. The number of carbonyl (C=O) groups is 1. The van der Waals surface area contributed by atoms with Crippen LogP contribution in [0.5, 0.6) is 0 Å². The standard InChI is InChI=1S/C27H36N4O/c1-7-19-11-10-16(4)21(13-19)22-15-23-24(14-20(22)8-2)31-27(32)26(23)18(6)30-25(28)12-17(5)29-9-3/h10-15,20,22,29H,7-9H2,1-6H3,(H2,28,30)(H,31,32)/b17-12-,26-18-. The second-order valence-corrected chi connectivity index (χ2v) is 8.65. The molecule has 32 heavy (non-hydrogen) atoms. The molecule has 0 aromatic heterocycles. The number of fused-ring (bicyclic) bond motifs is 1. The molecule has 170 valence electrons. The maximum atomic E-state index is 12.9. The molecule has 1 aromatic carbocycles. The number of hydrogen-bond donors (Lipinski definition) is 4. The van der Waals surface area contributed by atoms with Crippen LogP contribution >= 0.6 is 0 Å². The molecule has 2 aliphatic rings. The third kappa shape index (κ3) is 4.87. The van der Waals surface area contributed by atoms with E-state index in [0.29, 0.717) is 17.2 Å². The number of nitrogens with one attached hydrogen (secondary N) is 4. The Morgan fingerprint density at radius 3 is 2.59 bits per heavy atom. The first-order valence-electron chi connectivity index (χ1n) is 11.6. The maximum Gasteiger partial charge on any atom is 0.258 e. The molecule has 1 saturated heterocycles. The quantitative estimate of drug-likeness (QED) is 0.279. The largest absolute Gasteiger partial charge is 0.389 e. The Balaban J connectivity index is 2.00. The zero-order chi connectivity index (χ0) is 23.4. The van der Waals surface area contributed by atoms with Gasteiger partial charge >= 0.3 is 0 Å². The molecule has 3 rings (SSSR count). The molecule has 1 amide bonds. The van der Waals surface area contributed by atoms with Gasteiger partial charge in [0.2, 0.25) is 0 Å². The van der Waals surface area contributed by atoms with Crippen LogP contribution in [-0.4, -0.2) is 18.3 Å². The van der Waals surface area contributed by atoms with E-state index in [9.17, 15) is 4.79 Å². The van der Waals surface area contributed by atoms with Gasteiger partial charge < -0.3 is 16.0 Å². The van der Waals surface area contributed by atoms with Crippen LogP contribution in [0.15, 0.2) is 64.7 Å². The second kappa shape index (κ2) is 10.0. The SMILES string of the molecule is CCN/C(C)=C\C(=N)N/C(C)=C1\C(=O)NC2=CC(CC)C(c3cc(CC)ccc3C)C=C21. The van der Waals surface area contributed by atoms with Gasteiger partial charge in [-0.25, -0.2) is 0 Å². The summed E-state index contributed by atoms with van der Waals surface area (Å²) in [5, 5.41) is 17.6. The van der Waals surface area contributed by atoms with E-state index >= 15 is 0 Å². The van der Waals surface area contributed by atoms with E-state index in [0.717, 1.165) is 36.4 Å². The lowest BCUT2D eigenvalue weighted by Gasteiger charge is -2.28. The number of benzene rings is 1. The number of rotatable bonds is 7. The van der Waals surface area contributed by atoms with Crippen LogP contribution in [0.1, 0.15) is 63.6 Å². The van der Waals surface area contributed by atoms with Crippen molar-refractivity contribution in [2.24, 2.45) is 5.92 Å². The van der Waals surface area contributed by atoms with Crippen molar-refractivity contribution in [3.63, 3.8) is 0 Å². The summed E-state index contributed by atoms with van der Waals surface area (Å²) in [5.74, 6) is 0.694. The van der Waals surface area contributed by atoms with Gasteiger partial charge in [-0.1, -0.05) is 44.2 Å². The lowest BCUT2D eigenvalue weighted by molar-refractivity contribution is -0.115. The van der Waals surface area contributed by atoms with Gasteiger partial charge in [-0.05, 0) is 69.2 Å². The van der Waals surface area contributed by atoms with Crippen molar-refractivity contribution in [2.45, 2.75) is 60.3 Å². The Hall–Kier alpha value is -3.08. The zero-order valence-corrected chi connectivity index (χ0v) is 20.1. The number of carbonyl (C=O) groups excluding carboxylic acids is 1. The third-order valence-electron chi connectivity index (χ3n) is 6.32. The fraction of sp³-hybridized carbons (Fsp3) is 0.407. The summed E-state index contributed by atoms with van der Waals surface area (Å²) >= 11 is 0. The molecule has 0 bridgehead atoms. The summed E-state index contributed by atoms with van der Waals surface area (Å²) in [7, 11) is 0. The monoisotopic (exact) mass is 432 g/mol. The average Bonchev–Trinajstić information content (AvgIpc) is 3.07. The van der Waals surface area contributed by atoms with Crippen molar-refractivity contribution in [1.29, 1.82) is 5.41 Å². The van der Waals surface area contributed by atoms with Crippen molar-refractivity contribution < 1.29 is 4.79 Å². The van der Waals surface area contributed by atoms with Gasteiger partial charge in [0, 0.05) is 35.1 Å². The summed E-state index contributed by atoms with van der Waals surface area (Å²) < 4.78 is 0. The molecule has 5 heteroatoms. The van der Waals surface area contributed by atoms with E-state index < -0.39 is 0 Å². The van der Waals surface area contributed by atoms with Crippen LogP contribution in [0.2, 0.25) is 0 Å². The van der Waals surface area contributed by atoms with Gasteiger partial charge in [-0.3, -0.25) is 10.2 Å². The van der Waals surface area contributed by atoms with Gasteiger partial charge in [0.05, 0.1) is 5.57 Å². The predicted octanol–water partition coefficient (Wildman–Crippen LogP) is 4.98. The minimum Gasteiger partial charge on any atom is -0.389 e.